The van der Waals surface area contributed by atoms with Crippen LogP contribution in [0.5, 0.6) is 11.5 Å². The normalized spacial score (nSPS) is 13.8. The van der Waals surface area contributed by atoms with Crippen LogP contribution in [0.1, 0.15) is 37.5 Å². The maximum Gasteiger partial charge on any atom is 0.209 e. The van der Waals surface area contributed by atoms with Gasteiger partial charge in [-0.15, -0.1) is 0 Å². The van der Waals surface area contributed by atoms with Crippen molar-refractivity contribution in [3.8, 4) is 11.5 Å². The lowest BCUT2D eigenvalue weighted by Crippen LogP contribution is -2.34. The van der Waals surface area contributed by atoms with Crippen LogP contribution in [0.3, 0.4) is 0 Å². The number of aromatic nitrogens is 1. The molecule has 0 atom stereocenters. The van der Waals surface area contributed by atoms with Gasteiger partial charge in [-0.1, -0.05) is 0 Å². The molecule has 9 heteroatoms. The fraction of sp³-hybridized carbons (Fsp3) is 0.308. The highest BCUT2D eigenvalue weighted by atomic mass is 32.2. The number of carbonyl (C=O) groups excluding carboxylic acids is 2. The van der Waals surface area contributed by atoms with E-state index in [-0.39, 0.29) is 23.0 Å². The fourth-order valence-corrected chi connectivity index (χ4v) is 4.95. The molecule has 8 nitrogen and oxygen atoms in total. The maximum atomic E-state index is 13.1. The lowest BCUT2D eigenvalue weighted by molar-refractivity contribution is 0.0921. The van der Waals surface area contributed by atoms with Crippen molar-refractivity contribution < 1.29 is 27.5 Å². The number of hydrogen-bond donors (Lipinski definition) is 0. The number of ketones is 2. The third-order valence-corrected chi connectivity index (χ3v) is 7.40. The van der Waals surface area contributed by atoms with E-state index in [0.717, 1.165) is 24.8 Å². The zero-order chi connectivity index (χ0) is 25.3. The number of Topliss-reactive ketones (excluding diaryl/α,β-unsaturated/α-hetero) is 1. The number of nitrogens with zero attached hydrogens (tertiary/aromatic N) is 2. The summed E-state index contributed by atoms with van der Waals surface area (Å²) >= 11 is 0. The van der Waals surface area contributed by atoms with Crippen LogP contribution in [-0.4, -0.2) is 63.0 Å². The Hall–Kier alpha value is -3.43. The Bertz CT molecular complexity index is 1390. The molecule has 184 valence electrons. The Labute approximate surface area is 205 Å². The van der Waals surface area contributed by atoms with Crippen molar-refractivity contribution in [2.75, 3.05) is 33.6 Å². The molecule has 2 aromatic carbocycles. The largest absolute Gasteiger partial charge is 0.493 e. The molecule has 1 aromatic heterocycles. The molecule has 1 aliphatic rings. The smallest absolute Gasteiger partial charge is 0.209 e. The monoisotopic (exact) mass is 496 g/mol. The predicted octanol–water partition coefficient (Wildman–Crippen LogP) is 2.92. The Balaban J connectivity index is 1.48. The first-order valence-corrected chi connectivity index (χ1v) is 13.0. The summed E-state index contributed by atoms with van der Waals surface area (Å²) < 4.78 is 35.8. The summed E-state index contributed by atoms with van der Waals surface area (Å²) in [6, 6.07) is 11.3. The van der Waals surface area contributed by atoms with Crippen LogP contribution in [0.25, 0.3) is 0 Å². The van der Waals surface area contributed by atoms with E-state index in [9.17, 15) is 18.0 Å². The van der Waals surface area contributed by atoms with E-state index >= 15 is 0 Å². The first-order chi connectivity index (χ1) is 16.6. The lowest BCUT2D eigenvalue weighted by Gasteiger charge is -2.28. The van der Waals surface area contributed by atoms with E-state index in [4.69, 9.17) is 9.47 Å². The Morgan fingerprint density at radius 2 is 1.57 bits per heavy atom. The van der Waals surface area contributed by atoms with Gasteiger partial charge in [0.05, 0.1) is 31.4 Å². The van der Waals surface area contributed by atoms with Gasteiger partial charge < -0.3 is 14.0 Å². The van der Waals surface area contributed by atoms with E-state index < -0.39 is 9.84 Å². The SMILES string of the molecule is COc1cc2c(cc1OC)CN(CC(=O)c1cc(C(=O)c3ccc(S(C)(=O)=O)cc3)n(C)c1)CC2. The van der Waals surface area contributed by atoms with E-state index in [0.29, 0.717) is 34.9 Å². The topological polar surface area (TPSA) is 94.9 Å². The van der Waals surface area contributed by atoms with Crippen LogP contribution in [0.4, 0.5) is 0 Å². The number of ether oxygens (including phenoxy) is 2. The van der Waals surface area contributed by atoms with Gasteiger partial charge in [-0.2, -0.15) is 0 Å². The van der Waals surface area contributed by atoms with Gasteiger partial charge in [0.15, 0.2) is 27.1 Å². The number of methoxy groups -OCH3 is 2. The Morgan fingerprint density at radius 3 is 2.17 bits per heavy atom. The van der Waals surface area contributed by atoms with Crippen LogP contribution in [0.15, 0.2) is 53.6 Å². The molecule has 3 aromatic rings. The molecule has 35 heavy (non-hydrogen) atoms. The van der Waals surface area contributed by atoms with Gasteiger partial charge in [0, 0.05) is 43.7 Å². The summed E-state index contributed by atoms with van der Waals surface area (Å²) in [7, 11) is 1.58. The summed E-state index contributed by atoms with van der Waals surface area (Å²) in [5.74, 6) is 1.01. The van der Waals surface area contributed by atoms with Gasteiger partial charge in [0.1, 0.15) is 0 Å². The second kappa shape index (κ2) is 9.67. The number of aryl methyl sites for hydroxylation is 1. The summed E-state index contributed by atoms with van der Waals surface area (Å²) in [6.45, 7) is 1.58. The highest BCUT2D eigenvalue weighted by molar-refractivity contribution is 7.90. The van der Waals surface area contributed by atoms with E-state index in [2.05, 4.69) is 4.90 Å². The number of rotatable bonds is 8. The number of hydrogen-bond acceptors (Lipinski definition) is 7. The van der Waals surface area contributed by atoms with Crippen LogP contribution in [0.2, 0.25) is 0 Å². The molecule has 0 radical (unpaired) electrons. The third kappa shape index (κ3) is 5.16. The van der Waals surface area contributed by atoms with Crippen molar-refractivity contribution >= 4 is 21.4 Å². The molecule has 4 rings (SSSR count). The van der Waals surface area contributed by atoms with Gasteiger partial charge >= 0.3 is 0 Å². The molecular weight excluding hydrogens is 468 g/mol. The van der Waals surface area contributed by atoms with Crippen molar-refractivity contribution in [2.45, 2.75) is 17.9 Å². The highest BCUT2D eigenvalue weighted by Gasteiger charge is 2.23. The molecule has 0 saturated carbocycles. The predicted molar refractivity (Wildman–Crippen MR) is 131 cm³/mol. The van der Waals surface area contributed by atoms with Gasteiger partial charge in [0.2, 0.25) is 5.78 Å². The van der Waals surface area contributed by atoms with Crippen LogP contribution >= 0.6 is 0 Å². The molecular formula is C26H28N2O6S. The van der Waals surface area contributed by atoms with Gasteiger partial charge in [-0.05, 0) is 60.0 Å². The minimum Gasteiger partial charge on any atom is -0.493 e. The summed E-state index contributed by atoms with van der Waals surface area (Å²) in [5, 5.41) is 0. The minimum atomic E-state index is -3.34. The molecule has 0 bridgehead atoms. The molecule has 1 aliphatic heterocycles. The molecule has 0 N–H and O–H groups in total. The number of sulfone groups is 1. The summed E-state index contributed by atoms with van der Waals surface area (Å²) in [4.78, 5) is 28.3. The standard InChI is InChI=1S/C26H28N2O6S/c1-27-14-20(11-22(27)26(30)17-5-7-21(8-6-17)35(4,31)32)23(29)16-28-10-9-18-12-24(33-2)25(34-3)13-19(18)15-28/h5-8,11-14H,9-10,15-16H2,1-4H3. The first kappa shape index (κ1) is 24.7. The fourth-order valence-electron chi connectivity index (χ4n) is 4.32. The van der Waals surface area contributed by atoms with E-state index in [1.165, 1.54) is 29.8 Å². The molecule has 0 amide bonds. The van der Waals surface area contributed by atoms with E-state index in [1.54, 1.807) is 38.1 Å². The summed E-state index contributed by atoms with van der Waals surface area (Å²) in [6.07, 6.45) is 3.57. The molecule has 0 fully saturated rings. The van der Waals surface area contributed by atoms with Crippen molar-refractivity contribution in [2.24, 2.45) is 7.05 Å². The highest BCUT2D eigenvalue weighted by Crippen LogP contribution is 2.33. The van der Waals surface area contributed by atoms with Crippen LogP contribution in [0, 0.1) is 0 Å². The number of benzene rings is 2. The molecule has 0 saturated heterocycles. The quantitative estimate of drug-likeness (QED) is 0.443. The average Bonchev–Trinajstić information content (AvgIpc) is 3.23. The van der Waals surface area contributed by atoms with Crippen molar-refractivity contribution in [3.05, 3.63) is 76.6 Å². The maximum absolute atomic E-state index is 13.1. The van der Waals surface area contributed by atoms with Crippen LogP contribution in [-0.2, 0) is 29.9 Å². The van der Waals surface area contributed by atoms with Gasteiger partial charge in [-0.25, -0.2) is 8.42 Å². The zero-order valence-corrected chi connectivity index (χ0v) is 21.0. The Morgan fingerprint density at radius 1 is 0.943 bits per heavy atom. The zero-order valence-electron chi connectivity index (χ0n) is 20.2. The van der Waals surface area contributed by atoms with Gasteiger partial charge in [-0.3, -0.25) is 14.5 Å². The second-order valence-electron chi connectivity index (χ2n) is 8.71. The Kier molecular flexibility index (Phi) is 6.82. The third-order valence-electron chi connectivity index (χ3n) is 6.27. The van der Waals surface area contributed by atoms with Crippen molar-refractivity contribution in [1.82, 2.24) is 9.47 Å². The summed E-state index contributed by atoms with van der Waals surface area (Å²) in [5.41, 5.74) is 3.46. The molecule has 0 aliphatic carbocycles. The van der Waals surface area contributed by atoms with Gasteiger partial charge in [0.25, 0.3) is 0 Å². The second-order valence-corrected chi connectivity index (χ2v) is 10.7. The molecule has 2 heterocycles. The lowest BCUT2D eigenvalue weighted by atomic mass is 9.98. The number of fused-ring (bicyclic) bond motifs is 1. The van der Waals surface area contributed by atoms with E-state index in [1.807, 2.05) is 12.1 Å². The van der Waals surface area contributed by atoms with Crippen molar-refractivity contribution in [1.29, 1.82) is 0 Å². The molecule has 0 spiro atoms. The van der Waals surface area contributed by atoms with Crippen LogP contribution < -0.4 is 9.47 Å². The number of carbonyl (C=O) groups is 2. The first-order valence-electron chi connectivity index (χ1n) is 11.1. The average molecular weight is 497 g/mol. The minimum absolute atomic E-state index is 0.0731. The molecule has 0 unspecified atom stereocenters. The van der Waals surface area contributed by atoms with Crippen molar-refractivity contribution in [3.63, 3.8) is 0 Å².